The lowest BCUT2D eigenvalue weighted by Gasteiger charge is -2.34. The van der Waals surface area contributed by atoms with Gasteiger partial charge in [0.15, 0.2) is 5.78 Å². The fourth-order valence-electron chi connectivity index (χ4n) is 3.66. The summed E-state index contributed by atoms with van der Waals surface area (Å²) in [5.41, 5.74) is 2.51. The molecule has 2 heterocycles. The summed E-state index contributed by atoms with van der Waals surface area (Å²) in [6.07, 6.45) is 2.29. The minimum atomic E-state index is 0.145. The van der Waals surface area contributed by atoms with Gasteiger partial charge >= 0.3 is 0 Å². The van der Waals surface area contributed by atoms with Crippen molar-refractivity contribution in [3.63, 3.8) is 0 Å². The van der Waals surface area contributed by atoms with Crippen LogP contribution in [0.5, 0.6) is 0 Å². The van der Waals surface area contributed by atoms with E-state index in [2.05, 4.69) is 22.0 Å². The van der Waals surface area contributed by atoms with Gasteiger partial charge in [-0.05, 0) is 31.5 Å². The van der Waals surface area contributed by atoms with Gasteiger partial charge in [-0.15, -0.1) is 0 Å². The number of rotatable bonds is 4. The topological polar surface area (TPSA) is 61.4 Å². The van der Waals surface area contributed by atoms with Crippen molar-refractivity contribution in [2.45, 2.75) is 26.2 Å². The van der Waals surface area contributed by atoms with Gasteiger partial charge in [0.05, 0.1) is 11.3 Å². The van der Waals surface area contributed by atoms with Crippen molar-refractivity contribution < 1.29 is 4.79 Å². The second-order valence-electron chi connectivity index (χ2n) is 6.88. The Morgan fingerprint density at radius 3 is 2.54 bits per heavy atom. The Kier molecular flexibility index (Phi) is 4.84. The molecule has 1 aliphatic heterocycles. The second-order valence-corrected chi connectivity index (χ2v) is 6.88. The maximum atomic E-state index is 12.5. The Morgan fingerprint density at radius 1 is 1.04 bits per heavy atom. The first-order valence-corrected chi connectivity index (χ1v) is 9.48. The predicted octanol–water partition coefficient (Wildman–Crippen LogP) is 2.88. The first-order valence-electron chi connectivity index (χ1n) is 9.48. The van der Waals surface area contributed by atoms with Gasteiger partial charge in [-0.3, -0.25) is 4.79 Å². The quantitative estimate of drug-likeness (QED) is 0.914. The number of piperazine rings is 1. The van der Waals surface area contributed by atoms with Crippen LogP contribution in [0.25, 0.3) is 0 Å². The molecule has 2 aromatic rings. The lowest BCUT2D eigenvalue weighted by molar-refractivity contribution is 0.0972. The molecule has 1 fully saturated rings. The number of fused-ring (bicyclic) bond motifs is 1. The number of nitrogens with zero attached hydrogens (tertiary/aromatic N) is 4. The van der Waals surface area contributed by atoms with E-state index in [1.54, 1.807) is 0 Å². The summed E-state index contributed by atoms with van der Waals surface area (Å²) in [5, 5.41) is 3.35. The van der Waals surface area contributed by atoms with Crippen LogP contribution in [0.3, 0.4) is 0 Å². The minimum absolute atomic E-state index is 0.145. The summed E-state index contributed by atoms with van der Waals surface area (Å²) < 4.78 is 0. The molecule has 0 atom stereocenters. The van der Waals surface area contributed by atoms with E-state index in [4.69, 9.17) is 9.97 Å². The van der Waals surface area contributed by atoms with E-state index in [1.807, 2.05) is 30.3 Å². The first-order chi connectivity index (χ1) is 12.7. The maximum Gasteiger partial charge on any atom is 0.227 e. The molecule has 1 aromatic heterocycles. The summed E-state index contributed by atoms with van der Waals surface area (Å²) in [7, 11) is 0. The molecule has 6 heteroatoms. The molecule has 2 aliphatic rings. The molecule has 26 heavy (non-hydrogen) atoms. The average molecular weight is 351 g/mol. The van der Waals surface area contributed by atoms with Crippen LogP contribution in [0.4, 0.5) is 17.5 Å². The lowest BCUT2D eigenvalue weighted by atomic mass is 9.95. The van der Waals surface area contributed by atoms with Crippen molar-refractivity contribution in [1.29, 1.82) is 0 Å². The molecule has 1 N–H and O–H groups in total. The molecule has 0 saturated carbocycles. The largest absolute Gasteiger partial charge is 0.339 e. The van der Waals surface area contributed by atoms with Gasteiger partial charge in [0.25, 0.3) is 0 Å². The predicted molar refractivity (Wildman–Crippen MR) is 103 cm³/mol. The molecule has 0 spiro atoms. The molecule has 1 aliphatic carbocycles. The summed E-state index contributed by atoms with van der Waals surface area (Å²) in [6.45, 7) is 7.16. The maximum absolute atomic E-state index is 12.5. The minimum Gasteiger partial charge on any atom is -0.339 e. The second kappa shape index (κ2) is 7.41. The van der Waals surface area contributed by atoms with Crippen LogP contribution in [0.2, 0.25) is 0 Å². The number of para-hydroxylation sites is 1. The Bertz CT molecular complexity index is 784. The number of carbonyl (C=O) groups is 1. The number of anilines is 3. The zero-order chi connectivity index (χ0) is 17.9. The smallest absolute Gasteiger partial charge is 0.227 e. The Morgan fingerprint density at radius 2 is 1.81 bits per heavy atom. The van der Waals surface area contributed by atoms with E-state index < -0.39 is 0 Å². The van der Waals surface area contributed by atoms with Crippen LogP contribution in [0.1, 0.15) is 35.8 Å². The van der Waals surface area contributed by atoms with Gasteiger partial charge in [-0.2, -0.15) is 4.98 Å². The van der Waals surface area contributed by atoms with Crippen LogP contribution in [0.15, 0.2) is 30.3 Å². The SMILES string of the molecule is CCN1CCN(c2nc3c(c(Nc4ccccc4)n2)C(=O)CCC3)CC1. The van der Waals surface area contributed by atoms with E-state index >= 15 is 0 Å². The number of aromatic nitrogens is 2. The number of carbonyl (C=O) groups excluding carboxylic acids is 1. The van der Waals surface area contributed by atoms with Gasteiger partial charge in [0.1, 0.15) is 5.82 Å². The fourth-order valence-corrected chi connectivity index (χ4v) is 3.66. The third-order valence-electron chi connectivity index (χ3n) is 5.21. The van der Waals surface area contributed by atoms with Crippen molar-refractivity contribution in [2.75, 3.05) is 42.9 Å². The monoisotopic (exact) mass is 351 g/mol. The van der Waals surface area contributed by atoms with Crippen LogP contribution in [0, 0.1) is 0 Å². The summed E-state index contributed by atoms with van der Waals surface area (Å²) in [6, 6.07) is 9.90. The summed E-state index contributed by atoms with van der Waals surface area (Å²) >= 11 is 0. The Labute approximate surface area is 154 Å². The van der Waals surface area contributed by atoms with Gasteiger partial charge in [0, 0.05) is 38.3 Å². The van der Waals surface area contributed by atoms with Gasteiger partial charge in [0.2, 0.25) is 5.95 Å². The fraction of sp³-hybridized carbons (Fsp3) is 0.450. The van der Waals surface area contributed by atoms with Crippen molar-refractivity contribution in [2.24, 2.45) is 0 Å². The third kappa shape index (κ3) is 3.42. The van der Waals surface area contributed by atoms with E-state index in [1.165, 1.54) is 0 Å². The molecule has 4 rings (SSSR count). The number of nitrogens with one attached hydrogen (secondary N) is 1. The lowest BCUT2D eigenvalue weighted by Crippen LogP contribution is -2.47. The van der Waals surface area contributed by atoms with E-state index in [0.29, 0.717) is 17.8 Å². The van der Waals surface area contributed by atoms with Gasteiger partial charge in [-0.1, -0.05) is 25.1 Å². The summed E-state index contributed by atoms with van der Waals surface area (Å²) in [5.74, 6) is 1.54. The highest BCUT2D eigenvalue weighted by atomic mass is 16.1. The van der Waals surface area contributed by atoms with E-state index in [0.717, 1.165) is 62.9 Å². The van der Waals surface area contributed by atoms with Crippen molar-refractivity contribution in [1.82, 2.24) is 14.9 Å². The van der Waals surface area contributed by atoms with Gasteiger partial charge < -0.3 is 15.1 Å². The molecule has 0 bridgehead atoms. The van der Waals surface area contributed by atoms with E-state index in [9.17, 15) is 4.79 Å². The van der Waals surface area contributed by atoms with Gasteiger partial charge in [-0.25, -0.2) is 4.98 Å². The van der Waals surface area contributed by atoms with Crippen LogP contribution >= 0.6 is 0 Å². The zero-order valence-corrected chi connectivity index (χ0v) is 15.2. The zero-order valence-electron chi connectivity index (χ0n) is 15.2. The van der Waals surface area contributed by atoms with Crippen molar-refractivity contribution in [3.8, 4) is 0 Å². The summed E-state index contributed by atoms with van der Waals surface area (Å²) in [4.78, 5) is 26.7. The molecular formula is C20H25N5O. The number of ketones is 1. The first kappa shape index (κ1) is 17.0. The molecule has 0 radical (unpaired) electrons. The standard InChI is InChI=1S/C20H25N5O/c1-2-24-11-13-25(14-12-24)20-22-16-9-6-10-17(26)18(16)19(23-20)21-15-7-4-3-5-8-15/h3-5,7-8H,2,6,9-14H2,1H3,(H,21,22,23). The molecule has 0 amide bonds. The van der Waals surface area contributed by atoms with E-state index in [-0.39, 0.29) is 5.78 Å². The number of benzene rings is 1. The average Bonchev–Trinajstić information content (AvgIpc) is 2.69. The third-order valence-corrected chi connectivity index (χ3v) is 5.21. The molecule has 1 aromatic carbocycles. The van der Waals surface area contributed by atoms with Crippen LogP contribution < -0.4 is 10.2 Å². The number of hydrogen-bond donors (Lipinski definition) is 1. The number of hydrogen-bond acceptors (Lipinski definition) is 6. The normalized spacial score (nSPS) is 17.9. The van der Waals surface area contributed by atoms with Crippen LogP contribution in [-0.4, -0.2) is 53.4 Å². The highest BCUT2D eigenvalue weighted by molar-refractivity contribution is 6.03. The highest BCUT2D eigenvalue weighted by Crippen LogP contribution is 2.30. The molecule has 1 saturated heterocycles. The van der Waals surface area contributed by atoms with Crippen molar-refractivity contribution in [3.05, 3.63) is 41.6 Å². The number of aryl methyl sites for hydroxylation is 1. The van der Waals surface area contributed by atoms with Crippen LogP contribution in [-0.2, 0) is 6.42 Å². The number of Topliss-reactive ketones (excluding diaryl/α,β-unsaturated/α-hetero) is 1. The number of likely N-dealkylation sites (N-methyl/N-ethyl adjacent to an activating group) is 1. The molecule has 6 nitrogen and oxygen atoms in total. The molecule has 0 unspecified atom stereocenters. The molecule has 136 valence electrons. The highest BCUT2D eigenvalue weighted by Gasteiger charge is 2.27. The Hall–Kier alpha value is -2.47. The van der Waals surface area contributed by atoms with Crippen molar-refractivity contribution >= 4 is 23.2 Å². The Balaban J connectivity index is 1.68. The molecular weight excluding hydrogens is 326 g/mol.